The summed E-state index contributed by atoms with van der Waals surface area (Å²) in [6.07, 6.45) is 1.90. The van der Waals surface area contributed by atoms with Crippen molar-refractivity contribution in [1.29, 1.82) is 0 Å². The number of oxime groups is 1. The smallest absolute Gasteiger partial charge is 0.170 e. The number of rotatable bonds is 8. The van der Waals surface area contributed by atoms with Crippen molar-refractivity contribution in [2.75, 3.05) is 13.2 Å². The first-order chi connectivity index (χ1) is 9.62. The minimum atomic E-state index is 0.126. The summed E-state index contributed by atoms with van der Waals surface area (Å²) >= 11 is 0. The van der Waals surface area contributed by atoms with Crippen molar-refractivity contribution in [2.45, 2.75) is 33.2 Å². The van der Waals surface area contributed by atoms with E-state index in [4.69, 9.17) is 16.0 Å². The molecular weight excluding hydrogens is 254 g/mol. The lowest BCUT2D eigenvalue weighted by molar-refractivity contribution is 0.251. The fraction of sp³-hybridized carbons (Fsp3) is 0.533. The molecule has 1 aromatic rings. The molecule has 5 nitrogen and oxygen atoms in total. The van der Waals surface area contributed by atoms with Gasteiger partial charge in [0, 0.05) is 18.7 Å². The highest BCUT2D eigenvalue weighted by Gasteiger charge is 2.07. The van der Waals surface area contributed by atoms with E-state index in [1.807, 2.05) is 25.1 Å². The van der Waals surface area contributed by atoms with Gasteiger partial charge < -0.3 is 21.4 Å². The number of nitrogens with one attached hydrogen (secondary N) is 1. The fourth-order valence-electron chi connectivity index (χ4n) is 2.16. The standard InChI is InChI=1S/C15H25N3O2/c1-3-12(6-7-19)9-17-10-14-5-4-13(8-11(14)2)15(16)18-20/h4-5,8,12,17,19-20H,3,6-7,9-10H2,1-2H3,(H2,16,18). The molecule has 0 heterocycles. The van der Waals surface area contributed by atoms with Gasteiger partial charge in [0.05, 0.1) is 0 Å². The molecule has 0 amide bonds. The summed E-state index contributed by atoms with van der Waals surface area (Å²) < 4.78 is 0. The third kappa shape index (κ3) is 4.83. The average molecular weight is 279 g/mol. The quantitative estimate of drug-likeness (QED) is 0.252. The molecule has 0 bridgehead atoms. The zero-order valence-electron chi connectivity index (χ0n) is 12.3. The predicted octanol–water partition coefficient (Wildman–Crippen LogP) is 1.59. The minimum absolute atomic E-state index is 0.126. The molecule has 20 heavy (non-hydrogen) atoms. The van der Waals surface area contributed by atoms with E-state index in [0.717, 1.165) is 37.1 Å². The summed E-state index contributed by atoms with van der Waals surface area (Å²) in [6, 6.07) is 5.75. The van der Waals surface area contributed by atoms with Gasteiger partial charge >= 0.3 is 0 Å². The van der Waals surface area contributed by atoms with Gasteiger partial charge in [-0.3, -0.25) is 0 Å². The summed E-state index contributed by atoms with van der Waals surface area (Å²) in [4.78, 5) is 0. The Hall–Kier alpha value is -1.59. The highest BCUT2D eigenvalue weighted by molar-refractivity contribution is 5.97. The lowest BCUT2D eigenvalue weighted by Crippen LogP contribution is -2.23. The monoisotopic (exact) mass is 279 g/mol. The van der Waals surface area contributed by atoms with Crippen LogP contribution in [0.2, 0.25) is 0 Å². The van der Waals surface area contributed by atoms with Gasteiger partial charge in [-0.2, -0.15) is 0 Å². The van der Waals surface area contributed by atoms with E-state index in [1.165, 1.54) is 5.56 Å². The second-order valence-corrected chi connectivity index (χ2v) is 5.04. The summed E-state index contributed by atoms with van der Waals surface area (Å²) in [5.41, 5.74) is 8.59. The van der Waals surface area contributed by atoms with Crippen LogP contribution in [0, 0.1) is 12.8 Å². The number of aliphatic hydroxyl groups excluding tert-OH is 1. The summed E-state index contributed by atoms with van der Waals surface area (Å²) in [6.45, 7) is 6.08. The Balaban J connectivity index is 2.56. The molecular formula is C15H25N3O2. The molecule has 1 rings (SSSR count). The molecule has 5 N–H and O–H groups in total. The van der Waals surface area contributed by atoms with Crippen LogP contribution < -0.4 is 11.1 Å². The summed E-state index contributed by atoms with van der Waals surface area (Å²) in [5.74, 6) is 0.637. The Morgan fingerprint density at radius 1 is 1.45 bits per heavy atom. The van der Waals surface area contributed by atoms with Gasteiger partial charge in [-0.25, -0.2) is 0 Å². The Morgan fingerprint density at radius 2 is 2.20 bits per heavy atom. The van der Waals surface area contributed by atoms with Crippen LogP contribution in [0.25, 0.3) is 0 Å². The van der Waals surface area contributed by atoms with Gasteiger partial charge in [0.1, 0.15) is 0 Å². The molecule has 0 saturated heterocycles. The minimum Gasteiger partial charge on any atom is -0.409 e. The molecule has 5 heteroatoms. The molecule has 0 radical (unpaired) electrons. The number of amidine groups is 1. The zero-order valence-corrected chi connectivity index (χ0v) is 12.3. The second-order valence-electron chi connectivity index (χ2n) is 5.04. The van der Waals surface area contributed by atoms with Crippen LogP contribution in [0.3, 0.4) is 0 Å². The van der Waals surface area contributed by atoms with Crippen molar-refractivity contribution in [1.82, 2.24) is 5.32 Å². The first-order valence-electron chi connectivity index (χ1n) is 7.01. The zero-order chi connectivity index (χ0) is 15.0. The topological polar surface area (TPSA) is 90.9 Å². The summed E-state index contributed by atoms with van der Waals surface area (Å²) in [5, 5.41) is 24.0. The van der Waals surface area contributed by atoms with E-state index in [1.54, 1.807) is 0 Å². The second kappa shape index (κ2) is 8.55. The number of nitrogens with two attached hydrogens (primary N) is 1. The van der Waals surface area contributed by atoms with Gasteiger partial charge in [0.15, 0.2) is 5.84 Å². The molecule has 1 atom stereocenters. The van der Waals surface area contributed by atoms with Crippen molar-refractivity contribution in [3.05, 3.63) is 34.9 Å². The van der Waals surface area contributed by atoms with Crippen LogP contribution in [0.5, 0.6) is 0 Å². The van der Waals surface area contributed by atoms with E-state index < -0.39 is 0 Å². The van der Waals surface area contributed by atoms with Gasteiger partial charge in [0.2, 0.25) is 0 Å². The third-order valence-corrected chi connectivity index (χ3v) is 3.61. The predicted molar refractivity (Wildman–Crippen MR) is 80.9 cm³/mol. The van der Waals surface area contributed by atoms with Gasteiger partial charge in [-0.05, 0) is 43.0 Å². The highest BCUT2D eigenvalue weighted by Crippen LogP contribution is 2.12. The highest BCUT2D eigenvalue weighted by atomic mass is 16.4. The lowest BCUT2D eigenvalue weighted by Gasteiger charge is -2.15. The molecule has 112 valence electrons. The van der Waals surface area contributed by atoms with E-state index in [-0.39, 0.29) is 12.4 Å². The van der Waals surface area contributed by atoms with Crippen LogP contribution >= 0.6 is 0 Å². The number of benzene rings is 1. The lowest BCUT2D eigenvalue weighted by atomic mass is 10.0. The number of aryl methyl sites for hydroxylation is 1. The number of hydrogen-bond acceptors (Lipinski definition) is 4. The number of aliphatic hydroxyl groups is 1. The van der Waals surface area contributed by atoms with Crippen molar-refractivity contribution < 1.29 is 10.3 Å². The van der Waals surface area contributed by atoms with E-state index >= 15 is 0 Å². The van der Waals surface area contributed by atoms with Gasteiger partial charge in [-0.1, -0.05) is 30.6 Å². The molecule has 1 aromatic carbocycles. The van der Waals surface area contributed by atoms with E-state index in [9.17, 15) is 0 Å². The third-order valence-electron chi connectivity index (χ3n) is 3.61. The van der Waals surface area contributed by atoms with Crippen molar-refractivity contribution in [3.8, 4) is 0 Å². The van der Waals surface area contributed by atoms with E-state index in [0.29, 0.717) is 5.92 Å². The molecule has 0 aromatic heterocycles. The molecule has 0 fully saturated rings. The normalized spacial score (nSPS) is 13.4. The maximum absolute atomic E-state index is 8.96. The molecule has 1 unspecified atom stereocenters. The number of nitrogens with zero attached hydrogens (tertiary/aromatic N) is 1. The molecule has 0 spiro atoms. The average Bonchev–Trinajstić information content (AvgIpc) is 2.46. The van der Waals surface area contributed by atoms with Crippen LogP contribution in [0.4, 0.5) is 0 Å². The van der Waals surface area contributed by atoms with Gasteiger partial charge in [-0.15, -0.1) is 0 Å². The Kier molecular flexibility index (Phi) is 7.04. The van der Waals surface area contributed by atoms with E-state index in [2.05, 4.69) is 17.4 Å². The SMILES string of the molecule is CCC(CCO)CNCc1ccc(/C(N)=N/O)cc1C. The van der Waals surface area contributed by atoms with Crippen LogP contribution in [0.1, 0.15) is 36.5 Å². The van der Waals surface area contributed by atoms with Crippen molar-refractivity contribution >= 4 is 5.84 Å². The Labute approximate surface area is 120 Å². The fourth-order valence-corrected chi connectivity index (χ4v) is 2.16. The molecule has 0 aliphatic heterocycles. The molecule has 0 aliphatic carbocycles. The molecule has 0 saturated carbocycles. The first kappa shape index (κ1) is 16.5. The largest absolute Gasteiger partial charge is 0.409 e. The maximum atomic E-state index is 8.96. The Morgan fingerprint density at radius 3 is 2.75 bits per heavy atom. The van der Waals surface area contributed by atoms with Crippen LogP contribution in [0.15, 0.2) is 23.4 Å². The van der Waals surface area contributed by atoms with Crippen LogP contribution in [-0.2, 0) is 6.54 Å². The van der Waals surface area contributed by atoms with Gasteiger partial charge in [0.25, 0.3) is 0 Å². The number of hydrogen-bond donors (Lipinski definition) is 4. The Bertz CT molecular complexity index is 447. The molecule has 0 aliphatic rings. The first-order valence-corrected chi connectivity index (χ1v) is 7.01. The van der Waals surface area contributed by atoms with Crippen molar-refractivity contribution in [2.24, 2.45) is 16.8 Å². The summed E-state index contributed by atoms with van der Waals surface area (Å²) in [7, 11) is 0. The van der Waals surface area contributed by atoms with Crippen LogP contribution in [-0.4, -0.2) is 29.3 Å². The van der Waals surface area contributed by atoms with Crippen molar-refractivity contribution in [3.63, 3.8) is 0 Å². The maximum Gasteiger partial charge on any atom is 0.170 e.